The largest absolute Gasteiger partial charge is 0.468 e. The maximum Gasteiger partial charge on any atom is 0.320 e. The maximum atomic E-state index is 12.1. The van der Waals surface area contributed by atoms with Crippen LogP contribution in [-0.2, 0) is 30.8 Å². The van der Waals surface area contributed by atoms with Gasteiger partial charge < -0.3 is 10.1 Å². The van der Waals surface area contributed by atoms with Crippen LogP contribution in [0.2, 0.25) is 0 Å². The van der Waals surface area contributed by atoms with Crippen LogP contribution in [-0.4, -0.2) is 33.9 Å². The van der Waals surface area contributed by atoms with Crippen molar-refractivity contribution in [3.8, 4) is 0 Å². The summed E-state index contributed by atoms with van der Waals surface area (Å²) in [4.78, 5) is 23.2. The van der Waals surface area contributed by atoms with Gasteiger partial charge in [-0.05, 0) is 42.3 Å². The van der Waals surface area contributed by atoms with Crippen molar-refractivity contribution >= 4 is 27.6 Å². The monoisotopic (exact) mass is 376 g/mol. The van der Waals surface area contributed by atoms with E-state index in [9.17, 15) is 18.0 Å². The minimum Gasteiger partial charge on any atom is -0.468 e. The molecule has 0 bridgehead atoms. The quantitative estimate of drug-likeness (QED) is 0.715. The molecule has 1 amide bonds. The Morgan fingerprint density at radius 2 is 1.69 bits per heavy atom. The second-order valence-electron chi connectivity index (χ2n) is 5.58. The van der Waals surface area contributed by atoms with Gasteiger partial charge in [-0.3, -0.25) is 9.59 Å². The summed E-state index contributed by atoms with van der Waals surface area (Å²) in [7, 11) is -2.66. The van der Waals surface area contributed by atoms with Crippen LogP contribution in [0.15, 0.2) is 53.4 Å². The Bertz CT molecular complexity index is 892. The summed E-state index contributed by atoms with van der Waals surface area (Å²) in [6.07, 6.45) is 0.230. The second kappa shape index (κ2) is 8.59. The average Bonchev–Trinajstić information content (AvgIpc) is 2.62. The Hall–Kier alpha value is -2.71. The van der Waals surface area contributed by atoms with Crippen LogP contribution in [0.5, 0.6) is 0 Å². The topological polar surface area (TPSA) is 102 Å². The van der Waals surface area contributed by atoms with E-state index in [0.29, 0.717) is 5.69 Å². The number of methoxy groups -OCH3 is 1. The van der Waals surface area contributed by atoms with Gasteiger partial charge >= 0.3 is 5.97 Å². The summed E-state index contributed by atoms with van der Waals surface area (Å²) in [6.45, 7) is 1.48. The molecule has 2 aromatic rings. The van der Waals surface area contributed by atoms with Gasteiger partial charge in [-0.2, -0.15) is 4.72 Å². The lowest BCUT2D eigenvalue weighted by atomic mass is 10.1. The normalized spacial score (nSPS) is 11.0. The van der Waals surface area contributed by atoms with Gasteiger partial charge in [0.2, 0.25) is 15.9 Å². The van der Waals surface area contributed by atoms with E-state index in [1.807, 2.05) is 31.2 Å². The first-order valence-electron chi connectivity index (χ1n) is 7.83. The summed E-state index contributed by atoms with van der Waals surface area (Å²) in [5, 5.41) is 2.73. The molecule has 0 aliphatic rings. The molecule has 0 radical (unpaired) electrons. The van der Waals surface area contributed by atoms with E-state index >= 15 is 0 Å². The fourth-order valence-corrected chi connectivity index (χ4v) is 3.18. The highest BCUT2D eigenvalue weighted by Gasteiger charge is 2.16. The lowest BCUT2D eigenvalue weighted by molar-refractivity contribution is -0.139. The summed E-state index contributed by atoms with van der Waals surface area (Å²) >= 11 is 0. The van der Waals surface area contributed by atoms with Crippen molar-refractivity contribution in [2.45, 2.75) is 18.2 Å². The van der Waals surface area contributed by atoms with Crippen molar-refractivity contribution in [1.29, 1.82) is 0 Å². The maximum absolute atomic E-state index is 12.1. The van der Waals surface area contributed by atoms with E-state index in [1.165, 1.54) is 31.4 Å². The summed E-state index contributed by atoms with van der Waals surface area (Å²) < 4.78 is 30.6. The van der Waals surface area contributed by atoms with Gasteiger partial charge in [0.15, 0.2) is 0 Å². The summed E-state index contributed by atoms with van der Waals surface area (Å²) in [5.74, 6) is -0.882. The van der Waals surface area contributed by atoms with Crippen molar-refractivity contribution in [2.24, 2.45) is 0 Å². The second-order valence-corrected chi connectivity index (χ2v) is 7.34. The van der Waals surface area contributed by atoms with E-state index in [-0.39, 0.29) is 17.2 Å². The summed E-state index contributed by atoms with van der Waals surface area (Å²) in [5.41, 5.74) is 2.44. The third-order valence-electron chi connectivity index (χ3n) is 3.69. The van der Waals surface area contributed by atoms with Crippen LogP contribution in [0.25, 0.3) is 0 Å². The van der Waals surface area contributed by atoms with E-state index in [0.717, 1.165) is 11.1 Å². The number of esters is 1. The Balaban J connectivity index is 1.99. The number of sulfonamides is 1. The molecule has 0 aliphatic carbocycles. The van der Waals surface area contributed by atoms with Gasteiger partial charge in [0.25, 0.3) is 0 Å². The van der Waals surface area contributed by atoms with Crippen LogP contribution in [0.3, 0.4) is 0 Å². The Morgan fingerprint density at radius 3 is 2.31 bits per heavy atom. The molecule has 0 aliphatic heterocycles. The van der Waals surface area contributed by atoms with Crippen LogP contribution in [0.1, 0.15) is 11.1 Å². The molecule has 0 spiro atoms. The van der Waals surface area contributed by atoms with Gasteiger partial charge in [-0.25, -0.2) is 8.42 Å². The molecular formula is C18H20N2O5S. The number of ether oxygens (including phenoxy) is 1. The standard InChI is InChI=1S/C18H20N2O5S/c1-13-5-3-4-6-14(13)11-17(21)20-15-7-9-16(10-8-15)26(23,24)19-12-18(22)25-2/h3-10,19H,11-12H2,1-2H3,(H,20,21). The van der Waals surface area contributed by atoms with E-state index in [2.05, 4.69) is 14.8 Å². The van der Waals surface area contributed by atoms with Gasteiger partial charge in [0, 0.05) is 5.69 Å². The van der Waals surface area contributed by atoms with Gasteiger partial charge in [-0.1, -0.05) is 24.3 Å². The molecule has 2 N–H and O–H groups in total. The molecule has 2 aromatic carbocycles. The molecular weight excluding hydrogens is 356 g/mol. The van der Waals surface area contributed by atoms with Crippen LogP contribution in [0.4, 0.5) is 5.69 Å². The lowest BCUT2D eigenvalue weighted by Crippen LogP contribution is -2.30. The number of carbonyl (C=O) groups excluding carboxylic acids is 2. The molecule has 0 aromatic heterocycles. The zero-order valence-electron chi connectivity index (χ0n) is 14.5. The first kappa shape index (κ1) is 19.6. The average molecular weight is 376 g/mol. The fraction of sp³-hybridized carbons (Fsp3) is 0.222. The third-order valence-corrected chi connectivity index (χ3v) is 5.11. The van der Waals surface area contributed by atoms with E-state index in [4.69, 9.17) is 0 Å². The van der Waals surface area contributed by atoms with Gasteiger partial charge in [-0.15, -0.1) is 0 Å². The van der Waals surface area contributed by atoms with E-state index < -0.39 is 22.5 Å². The molecule has 0 saturated heterocycles. The van der Waals surface area contributed by atoms with E-state index in [1.54, 1.807) is 0 Å². The predicted molar refractivity (Wildman–Crippen MR) is 97.2 cm³/mol. The Kier molecular flexibility index (Phi) is 6.48. The van der Waals surface area contributed by atoms with Gasteiger partial charge in [0.05, 0.1) is 18.4 Å². The van der Waals surface area contributed by atoms with Crippen molar-refractivity contribution in [3.63, 3.8) is 0 Å². The molecule has 138 valence electrons. The number of rotatable bonds is 7. The van der Waals surface area contributed by atoms with Crippen molar-refractivity contribution in [1.82, 2.24) is 4.72 Å². The molecule has 26 heavy (non-hydrogen) atoms. The first-order valence-corrected chi connectivity index (χ1v) is 9.31. The smallest absolute Gasteiger partial charge is 0.320 e. The van der Waals surface area contributed by atoms with Crippen molar-refractivity contribution in [2.75, 3.05) is 19.0 Å². The molecule has 0 atom stereocenters. The Morgan fingerprint density at radius 1 is 1.04 bits per heavy atom. The molecule has 0 fully saturated rings. The molecule has 8 heteroatoms. The Labute approximate surface area is 152 Å². The van der Waals surface area contributed by atoms with Crippen LogP contribution >= 0.6 is 0 Å². The number of hydrogen-bond acceptors (Lipinski definition) is 5. The lowest BCUT2D eigenvalue weighted by Gasteiger charge is -2.09. The first-order chi connectivity index (χ1) is 12.3. The van der Waals surface area contributed by atoms with Crippen LogP contribution < -0.4 is 10.0 Å². The molecule has 0 heterocycles. The number of amides is 1. The minimum absolute atomic E-state index is 0.0155. The molecule has 2 rings (SSSR count). The molecule has 7 nitrogen and oxygen atoms in total. The number of anilines is 1. The fourth-order valence-electron chi connectivity index (χ4n) is 2.21. The number of hydrogen-bond donors (Lipinski definition) is 2. The number of nitrogens with one attached hydrogen (secondary N) is 2. The molecule has 0 saturated carbocycles. The number of benzene rings is 2. The highest BCUT2D eigenvalue weighted by atomic mass is 32.2. The summed E-state index contributed by atoms with van der Waals surface area (Å²) in [6, 6.07) is 13.3. The minimum atomic E-state index is -3.83. The molecule has 0 unspecified atom stereocenters. The highest BCUT2D eigenvalue weighted by Crippen LogP contribution is 2.15. The zero-order valence-corrected chi connectivity index (χ0v) is 15.3. The number of aryl methyl sites for hydroxylation is 1. The zero-order chi connectivity index (χ0) is 19.2. The highest BCUT2D eigenvalue weighted by molar-refractivity contribution is 7.89. The van der Waals surface area contributed by atoms with Gasteiger partial charge in [0.1, 0.15) is 6.54 Å². The van der Waals surface area contributed by atoms with Crippen molar-refractivity contribution in [3.05, 3.63) is 59.7 Å². The van der Waals surface area contributed by atoms with Crippen LogP contribution in [0, 0.1) is 6.92 Å². The van der Waals surface area contributed by atoms with Crippen molar-refractivity contribution < 1.29 is 22.7 Å². The SMILES string of the molecule is COC(=O)CNS(=O)(=O)c1ccc(NC(=O)Cc2ccccc2C)cc1. The predicted octanol–water partition coefficient (Wildman–Crippen LogP) is 1.63. The number of carbonyl (C=O) groups is 2. The third kappa shape index (κ3) is 5.40.